The quantitative estimate of drug-likeness (QED) is 0.412. The number of rotatable bonds is 5. The van der Waals surface area contributed by atoms with Gasteiger partial charge in [0.1, 0.15) is 5.58 Å². The molecule has 5 rings (SSSR count). The first-order chi connectivity index (χ1) is 15.2. The van der Waals surface area contributed by atoms with Crippen LogP contribution in [-0.2, 0) is 0 Å². The molecule has 0 unspecified atom stereocenters. The molecule has 3 aromatic carbocycles. The maximum Gasteiger partial charge on any atom is 0.322 e. The molecule has 0 saturated carbocycles. The van der Waals surface area contributed by atoms with E-state index in [9.17, 15) is 9.59 Å². The van der Waals surface area contributed by atoms with E-state index >= 15 is 0 Å². The van der Waals surface area contributed by atoms with Crippen LogP contribution in [0.1, 0.15) is 26.3 Å². The molecule has 0 fully saturated rings. The van der Waals surface area contributed by atoms with Crippen molar-refractivity contribution in [2.75, 3.05) is 5.32 Å². The highest BCUT2D eigenvalue weighted by Gasteiger charge is 2.16. The first-order valence-corrected chi connectivity index (χ1v) is 9.51. The number of benzene rings is 3. The fourth-order valence-corrected chi connectivity index (χ4v) is 3.16. The number of fused-ring (bicyclic) bond motifs is 1. The molecule has 0 aliphatic heterocycles. The van der Waals surface area contributed by atoms with Crippen LogP contribution in [0.25, 0.3) is 22.6 Å². The summed E-state index contributed by atoms with van der Waals surface area (Å²) in [7, 11) is 0. The Bertz CT molecular complexity index is 1350. The summed E-state index contributed by atoms with van der Waals surface area (Å²) >= 11 is 0. The number of amides is 1. The second kappa shape index (κ2) is 7.72. The average Bonchev–Trinajstić information content (AvgIpc) is 3.46. The molecule has 0 aliphatic rings. The maximum absolute atomic E-state index is 12.5. The normalized spacial score (nSPS) is 10.8. The lowest BCUT2D eigenvalue weighted by Crippen LogP contribution is -2.12. The lowest BCUT2D eigenvalue weighted by molar-refractivity contribution is 0.101. The van der Waals surface area contributed by atoms with Gasteiger partial charge in [-0.25, -0.2) is 0 Å². The highest BCUT2D eigenvalue weighted by atomic mass is 16.4. The van der Waals surface area contributed by atoms with E-state index in [1.165, 1.54) is 0 Å². The standard InChI is InChI=1S/C24H15N3O4/c28-21(15-6-2-1-3-7-15)16-10-12-17(13-11-16)22(29)25-24-27-26-23(31-24)20-14-18-8-4-5-9-19(18)30-20/h1-14H,(H,25,27,29). The highest BCUT2D eigenvalue weighted by molar-refractivity contribution is 6.10. The molecule has 150 valence electrons. The minimum Gasteiger partial charge on any atom is -0.451 e. The Balaban J connectivity index is 1.30. The first-order valence-electron chi connectivity index (χ1n) is 9.51. The molecular weight excluding hydrogens is 394 g/mol. The number of hydrogen-bond acceptors (Lipinski definition) is 6. The first kappa shape index (κ1) is 18.5. The van der Waals surface area contributed by atoms with Gasteiger partial charge in [-0.15, -0.1) is 5.10 Å². The molecule has 7 nitrogen and oxygen atoms in total. The largest absolute Gasteiger partial charge is 0.451 e. The lowest BCUT2D eigenvalue weighted by atomic mass is 10.0. The molecule has 0 aliphatic carbocycles. The van der Waals surface area contributed by atoms with E-state index in [2.05, 4.69) is 15.5 Å². The number of anilines is 1. The van der Waals surface area contributed by atoms with E-state index in [0.717, 1.165) is 5.39 Å². The third-order valence-electron chi connectivity index (χ3n) is 4.73. The van der Waals surface area contributed by atoms with Gasteiger partial charge in [0.25, 0.3) is 11.8 Å². The molecule has 1 amide bonds. The summed E-state index contributed by atoms with van der Waals surface area (Å²) in [4.78, 5) is 25.0. The van der Waals surface area contributed by atoms with Crippen molar-refractivity contribution in [3.05, 3.63) is 102 Å². The Morgan fingerprint density at radius 3 is 2.16 bits per heavy atom. The Labute approximate surface area is 176 Å². The van der Waals surface area contributed by atoms with Crippen molar-refractivity contribution >= 4 is 28.7 Å². The Hall–Kier alpha value is -4.52. The van der Waals surface area contributed by atoms with Gasteiger partial charge < -0.3 is 8.83 Å². The van der Waals surface area contributed by atoms with Crippen LogP contribution in [-0.4, -0.2) is 21.9 Å². The number of carbonyl (C=O) groups excluding carboxylic acids is 2. The monoisotopic (exact) mass is 409 g/mol. The number of furan rings is 1. The van der Waals surface area contributed by atoms with Crippen LogP contribution in [0.5, 0.6) is 0 Å². The van der Waals surface area contributed by atoms with Gasteiger partial charge in [-0.1, -0.05) is 65.8 Å². The van der Waals surface area contributed by atoms with Crippen LogP contribution in [0.15, 0.2) is 93.8 Å². The number of hydrogen-bond donors (Lipinski definition) is 1. The second-order valence-corrected chi connectivity index (χ2v) is 6.79. The van der Waals surface area contributed by atoms with Crippen LogP contribution in [0.3, 0.4) is 0 Å². The predicted octanol–water partition coefficient (Wildman–Crippen LogP) is 4.97. The van der Waals surface area contributed by atoms with E-state index < -0.39 is 5.91 Å². The highest BCUT2D eigenvalue weighted by Crippen LogP contribution is 2.27. The SMILES string of the molecule is O=C(Nc1nnc(-c2cc3ccccc3o2)o1)c1ccc(C(=O)c2ccccc2)cc1. The Kier molecular flexibility index (Phi) is 4.61. The van der Waals surface area contributed by atoms with Crippen molar-refractivity contribution in [1.29, 1.82) is 0 Å². The molecule has 0 radical (unpaired) electrons. The van der Waals surface area contributed by atoms with Gasteiger partial charge >= 0.3 is 6.01 Å². The van der Waals surface area contributed by atoms with Gasteiger partial charge in [0.05, 0.1) is 0 Å². The van der Waals surface area contributed by atoms with Crippen LogP contribution in [0.2, 0.25) is 0 Å². The van der Waals surface area contributed by atoms with Crippen molar-refractivity contribution in [2.24, 2.45) is 0 Å². The fourth-order valence-electron chi connectivity index (χ4n) is 3.16. The van der Waals surface area contributed by atoms with Crippen molar-refractivity contribution < 1.29 is 18.4 Å². The topological polar surface area (TPSA) is 98.2 Å². The number of nitrogens with one attached hydrogen (secondary N) is 1. The summed E-state index contributed by atoms with van der Waals surface area (Å²) in [6, 6.07) is 24.6. The third-order valence-corrected chi connectivity index (χ3v) is 4.73. The summed E-state index contributed by atoms with van der Waals surface area (Å²) in [5, 5.41) is 11.2. The van der Waals surface area contributed by atoms with Crippen molar-refractivity contribution in [3.63, 3.8) is 0 Å². The summed E-state index contributed by atoms with van der Waals surface area (Å²) in [5.41, 5.74) is 2.14. The summed E-state index contributed by atoms with van der Waals surface area (Å²) < 4.78 is 11.2. The van der Waals surface area contributed by atoms with Gasteiger partial charge in [-0.3, -0.25) is 14.9 Å². The molecule has 0 spiro atoms. The molecule has 5 aromatic rings. The number of para-hydroxylation sites is 1. The van der Waals surface area contributed by atoms with Gasteiger partial charge in [0.2, 0.25) is 0 Å². The van der Waals surface area contributed by atoms with Gasteiger partial charge in [-0.05, 0) is 24.3 Å². The zero-order valence-corrected chi connectivity index (χ0v) is 16.1. The average molecular weight is 409 g/mol. The summed E-state index contributed by atoms with van der Waals surface area (Å²) in [6.07, 6.45) is 0. The molecule has 2 aromatic heterocycles. The molecule has 0 bridgehead atoms. The van der Waals surface area contributed by atoms with E-state index in [1.807, 2.05) is 30.3 Å². The van der Waals surface area contributed by atoms with E-state index in [-0.39, 0.29) is 17.7 Å². The van der Waals surface area contributed by atoms with Crippen molar-refractivity contribution in [2.45, 2.75) is 0 Å². The Morgan fingerprint density at radius 2 is 1.39 bits per heavy atom. The zero-order chi connectivity index (χ0) is 21.2. The lowest BCUT2D eigenvalue weighted by Gasteiger charge is -2.03. The Morgan fingerprint density at radius 1 is 0.710 bits per heavy atom. The number of ketones is 1. The molecule has 0 atom stereocenters. The van der Waals surface area contributed by atoms with E-state index in [4.69, 9.17) is 8.83 Å². The molecule has 2 heterocycles. The minimum absolute atomic E-state index is 0.0510. The van der Waals surface area contributed by atoms with Crippen LogP contribution in [0.4, 0.5) is 6.01 Å². The molecule has 31 heavy (non-hydrogen) atoms. The number of carbonyl (C=O) groups is 2. The van der Waals surface area contributed by atoms with Crippen LogP contribution in [0, 0.1) is 0 Å². The van der Waals surface area contributed by atoms with Gasteiger partial charge in [0.15, 0.2) is 11.5 Å². The van der Waals surface area contributed by atoms with Crippen LogP contribution >= 0.6 is 0 Å². The van der Waals surface area contributed by atoms with Crippen molar-refractivity contribution in [1.82, 2.24) is 10.2 Å². The second-order valence-electron chi connectivity index (χ2n) is 6.79. The van der Waals surface area contributed by atoms with Gasteiger partial charge in [-0.2, -0.15) is 0 Å². The van der Waals surface area contributed by atoms with Gasteiger partial charge in [0, 0.05) is 22.1 Å². The maximum atomic E-state index is 12.5. The number of aromatic nitrogens is 2. The number of nitrogens with zero attached hydrogens (tertiary/aromatic N) is 2. The molecule has 1 N–H and O–H groups in total. The molecular formula is C24H15N3O4. The molecule has 0 saturated heterocycles. The van der Waals surface area contributed by atoms with Crippen molar-refractivity contribution in [3.8, 4) is 11.7 Å². The minimum atomic E-state index is -0.432. The zero-order valence-electron chi connectivity index (χ0n) is 16.1. The molecule has 7 heteroatoms. The fraction of sp³-hybridized carbons (Fsp3) is 0. The third kappa shape index (κ3) is 3.72. The van der Waals surface area contributed by atoms with E-state index in [0.29, 0.717) is 28.0 Å². The van der Waals surface area contributed by atoms with Crippen LogP contribution < -0.4 is 5.32 Å². The van der Waals surface area contributed by atoms with E-state index in [1.54, 1.807) is 54.6 Å². The summed E-state index contributed by atoms with van der Waals surface area (Å²) in [6.45, 7) is 0. The predicted molar refractivity (Wildman–Crippen MR) is 114 cm³/mol. The smallest absolute Gasteiger partial charge is 0.322 e. The summed E-state index contributed by atoms with van der Waals surface area (Å²) in [5.74, 6) is 0.0340.